The number of aliphatic hydroxyl groups is 1. The molecule has 1 amide bonds. The summed E-state index contributed by atoms with van der Waals surface area (Å²) in [6.45, 7) is 2.05. The normalized spacial score (nSPS) is 25.6. The van der Waals surface area contributed by atoms with Gasteiger partial charge in [0.1, 0.15) is 0 Å². The van der Waals surface area contributed by atoms with E-state index in [4.69, 9.17) is 5.11 Å². The maximum absolute atomic E-state index is 12.1. The number of likely N-dealkylation sites (tertiary alicyclic amines) is 1. The first-order valence-corrected chi connectivity index (χ1v) is 7.68. The molecule has 3 heteroatoms. The molecule has 2 fully saturated rings. The number of rotatable bonds is 5. The first-order chi connectivity index (χ1) is 8.79. The van der Waals surface area contributed by atoms with Gasteiger partial charge in [-0.3, -0.25) is 4.79 Å². The minimum absolute atomic E-state index is 0.259. The number of nitrogens with zero attached hydrogens (tertiary/aromatic N) is 1. The Morgan fingerprint density at radius 2 is 1.83 bits per heavy atom. The third-order valence-corrected chi connectivity index (χ3v) is 4.67. The second-order valence-corrected chi connectivity index (χ2v) is 6.05. The molecule has 0 bridgehead atoms. The largest absolute Gasteiger partial charge is 0.396 e. The van der Waals surface area contributed by atoms with Crippen molar-refractivity contribution in [1.29, 1.82) is 0 Å². The predicted molar refractivity (Wildman–Crippen MR) is 72.2 cm³/mol. The van der Waals surface area contributed by atoms with Crippen LogP contribution in [0.25, 0.3) is 0 Å². The summed E-state index contributed by atoms with van der Waals surface area (Å²) in [5.41, 5.74) is 0. The van der Waals surface area contributed by atoms with Crippen LogP contribution in [0.15, 0.2) is 0 Å². The summed E-state index contributed by atoms with van der Waals surface area (Å²) in [7, 11) is 0. The summed E-state index contributed by atoms with van der Waals surface area (Å²) in [5, 5.41) is 8.92. The van der Waals surface area contributed by atoms with Crippen LogP contribution in [0.3, 0.4) is 0 Å². The van der Waals surface area contributed by atoms with Crippen molar-refractivity contribution in [2.45, 2.75) is 57.8 Å². The van der Waals surface area contributed by atoms with Crippen LogP contribution in [0.2, 0.25) is 0 Å². The Kier molecular flexibility index (Phi) is 5.48. The second kappa shape index (κ2) is 7.13. The van der Waals surface area contributed by atoms with Gasteiger partial charge in [-0.25, -0.2) is 0 Å². The highest BCUT2D eigenvalue weighted by atomic mass is 16.3. The van der Waals surface area contributed by atoms with Crippen molar-refractivity contribution in [2.75, 3.05) is 19.7 Å². The van der Waals surface area contributed by atoms with Crippen molar-refractivity contribution < 1.29 is 9.90 Å². The van der Waals surface area contributed by atoms with Crippen LogP contribution in [0.1, 0.15) is 57.8 Å². The predicted octanol–water partition coefficient (Wildman–Crippen LogP) is 2.58. The van der Waals surface area contributed by atoms with Crippen molar-refractivity contribution in [2.24, 2.45) is 11.8 Å². The molecule has 1 atom stereocenters. The molecule has 1 saturated heterocycles. The van der Waals surface area contributed by atoms with E-state index in [-0.39, 0.29) is 6.61 Å². The Labute approximate surface area is 111 Å². The Balaban J connectivity index is 1.65. The van der Waals surface area contributed by atoms with E-state index >= 15 is 0 Å². The SMILES string of the molecule is O=C(CCC1CCCCC1)N1CCC(CCO)C1. The first kappa shape index (κ1) is 13.9. The summed E-state index contributed by atoms with van der Waals surface area (Å²) >= 11 is 0. The number of hydrogen-bond donors (Lipinski definition) is 1. The molecule has 1 aliphatic heterocycles. The van der Waals surface area contributed by atoms with Crippen LogP contribution in [0.5, 0.6) is 0 Å². The molecular weight excluding hydrogens is 226 g/mol. The zero-order valence-corrected chi connectivity index (χ0v) is 11.4. The van der Waals surface area contributed by atoms with E-state index < -0.39 is 0 Å². The van der Waals surface area contributed by atoms with Gasteiger partial charge < -0.3 is 10.0 Å². The van der Waals surface area contributed by atoms with Crippen molar-refractivity contribution in [1.82, 2.24) is 4.90 Å². The van der Waals surface area contributed by atoms with E-state index in [1.54, 1.807) is 0 Å². The monoisotopic (exact) mass is 253 g/mol. The Morgan fingerprint density at radius 1 is 1.06 bits per heavy atom. The molecule has 2 aliphatic rings. The molecule has 104 valence electrons. The molecule has 0 aromatic heterocycles. The van der Waals surface area contributed by atoms with E-state index in [1.807, 2.05) is 4.90 Å². The van der Waals surface area contributed by atoms with Crippen LogP contribution in [-0.4, -0.2) is 35.6 Å². The minimum Gasteiger partial charge on any atom is -0.396 e. The molecule has 0 aromatic carbocycles. The van der Waals surface area contributed by atoms with Crippen molar-refractivity contribution >= 4 is 5.91 Å². The topological polar surface area (TPSA) is 40.5 Å². The number of hydrogen-bond acceptors (Lipinski definition) is 2. The summed E-state index contributed by atoms with van der Waals surface area (Å²) in [5.74, 6) is 1.69. The average Bonchev–Trinajstić information content (AvgIpc) is 2.86. The fourth-order valence-electron chi connectivity index (χ4n) is 3.44. The van der Waals surface area contributed by atoms with Crippen LogP contribution in [0, 0.1) is 11.8 Å². The molecule has 1 N–H and O–H groups in total. The summed E-state index contributed by atoms with van der Waals surface area (Å²) in [6, 6.07) is 0. The van der Waals surface area contributed by atoms with Gasteiger partial charge in [0.05, 0.1) is 0 Å². The van der Waals surface area contributed by atoms with Crippen LogP contribution in [-0.2, 0) is 4.79 Å². The lowest BCUT2D eigenvalue weighted by molar-refractivity contribution is -0.130. The number of aliphatic hydroxyl groups excluding tert-OH is 1. The van der Waals surface area contributed by atoms with Crippen molar-refractivity contribution in [3.8, 4) is 0 Å². The lowest BCUT2D eigenvalue weighted by Crippen LogP contribution is -2.29. The molecule has 1 aliphatic carbocycles. The molecule has 3 nitrogen and oxygen atoms in total. The first-order valence-electron chi connectivity index (χ1n) is 7.68. The fraction of sp³-hybridized carbons (Fsp3) is 0.933. The third kappa shape index (κ3) is 3.98. The van der Waals surface area contributed by atoms with Crippen molar-refractivity contribution in [3.05, 3.63) is 0 Å². The van der Waals surface area contributed by atoms with E-state index in [0.29, 0.717) is 11.8 Å². The molecular formula is C15H27NO2. The summed E-state index contributed by atoms with van der Waals surface area (Å²) < 4.78 is 0. The van der Waals surface area contributed by atoms with Gasteiger partial charge >= 0.3 is 0 Å². The van der Waals surface area contributed by atoms with E-state index in [2.05, 4.69) is 0 Å². The maximum Gasteiger partial charge on any atom is 0.222 e. The molecule has 1 heterocycles. The lowest BCUT2D eigenvalue weighted by Gasteiger charge is -2.22. The number of amides is 1. The molecule has 1 saturated carbocycles. The molecule has 2 rings (SSSR count). The van der Waals surface area contributed by atoms with Gasteiger partial charge in [-0.1, -0.05) is 32.1 Å². The van der Waals surface area contributed by atoms with Crippen LogP contribution < -0.4 is 0 Å². The van der Waals surface area contributed by atoms with E-state index in [9.17, 15) is 4.79 Å². The van der Waals surface area contributed by atoms with Crippen molar-refractivity contribution in [3.63, 3.8) is 0 Å². The Bertz CT molecular complexity index is 261. The van der Waals surface area contributed by atoms with Gasteiger partial charge in [0.25, 0.3) is 0 Å². The lowest BCUT2D eigenvalue weighted by atomic mass is 9.86. The highest BCUT2D eigenvalue weighted by Gasteiger charge is 2.26. The molecule has 1 unspecified atom stereocenters. The fourth-order valence-corrected chi connectivity index (χ4v) is 3.44. The molecule has 18 heavy (non-hydrogen) atoms. The quantitative estimate of drug-likeness (QED) is 0.818. The van der Waals surface area contributed by atoms with Crippen LogP contribution >= 0.6 is 0 Å². The van der Waals surface area contributed by atoms with E-state index in [0.717, 1.165) is 44.7 Å². The minimum atomic E-state index is 0.259. The summed E-state index contributed by atoms with van der Waals surface area (Å²) in [4.78, 5) is 14.1. The third-order valence-electron chi connectivity index (χ3n) is 4.67. The standard InChI is InChI=1S/C15H27NO2/c17-11-9-14-8-10-16(12-14)15(18)7-6-13-4-2-1-3-5-13/h13-14,17H,1-12H2. The Hall–Kier alpha value is -0.570. The zero-order chi connectivity index (χ0) is 12.8. The van der Waals surface area contributed by atoms with E-state index in [1.165, 1.54) is 32.1 Å². The van der Waals surface area contributed by atoms with Crippen LogP contribution in [0.4, 0.5) is 0 Å². The second-order valence-electron chi connectivity index (χ2n) is 6.05. The van der Waals surface area contributed by atoms with Gasteiger partial charge in [0.15, 0.2) is 0 Å². The molecule has 0 spiro atoms. The van der Waals surface area contributed by atoms with Gasteiger partial charge in [0, 0.05) is 26.1 Å². The van der Waals surface area contributed by atoms with Gasteiger partial charge in [0.2, 0.25) is 5.91 Å². The number of carbonyl (C=O) groups is 1. The zero-order valence-electron chi connectivity index (χ0n) is 11.4. The highest BCUT2D eigenvalue weighted by molar-refractivity contribution is 5.76. The van der Waals surface area contributed by atoms with Gasteiger partial charge in [-0.15, -0.1) is 0 Å². The molecule has 0 radical (unpaired) electrons. The highest BCUT2D eigenvalue weighted by Crippen LogP contribution is 2.28. The smallest absolute Gasteiger partial charge is 0.222 e. The average molecular weight is 253 g/mol. The maximum atomic E-state index is 12.1. The Morgan fingerprint density at radius 3 is 2.56 bits per heavy atom. The number of carbonyl (C=O) groups excluding carboxylic acids is 1. The molecule has 0 aromatic rings. The van der Waals surface area contributed by atoms with Gasteiger partial charge in [-0.05, 0) is 31.1 Å². The van der Waals surface area contributed by atoms with Gasteiger partial charge in [-0.2, -0.15) is 0 Å². The summed E-state index contributed by atoms with van der Waals surface area (Å²) in [6.07, 6.45) is 10.6.